The number of carbonyl (C=O) groups is 4. The van der Waals surface area contributed by atoms with E-state index in [1.54, 1.807) is 0 Å². The fourth-order valence-electron chi connectivity index (χ4n) is 4.40. The van der Waals surface area contributed by atoms with E-state index >= 15 is 0 Å². The first-order valence-corrected chi connectivity index (χ1v) is 16.7. The highest BCUT2D eigenvalue weighted by atomic mass is 35.5. The molecule has 20 heteroatoms. The summed E-state index contributed by atoms with van der Waals surface area (Å²) >= 11 is 23.6. The molecule has 2 aliphatic heterocycles. The highest BCUT2D eigenvalue weighted by Gasteiger charge is 2.42. The third-order valence-corrected chi connectivity index (χ3v) is 10.1. The summed E-state index contributed by atoms with van der Waals surface area (Å²) in [5, 5.41) is 4.08. The molecule has 0 spiro atoms. The summed E-state index contributed by atoms with van der Waals surface area (Å²) in [6.45, 7) is -0.124. The molecule has 2 aliphatic rings. The minimum Gasteiger partial charge on any atom is -0.326 e. The second kappa shape index (κ2) is 15.3. The van der Waals surface area contributed by atoms with Gasteiger partial charge in [0.15, 0.2) is 0 Å². The summed E-state index contributed by atoms with van der Waals surface area (Å²) in [6.07, 6.45) is -9.95. The van der Waals surface area contributed by atoms with Crippen LogP contribution in [-0.2, 0) is 31.5 Å². The summed E-state index contributed by atoms with van der Waals surface area (Å²) in [7, 11) is 0. The maximum Gasteiger partial charge on any atom is 0.418 e. The SMILES string of the molecule is O=C(CCCN1C(=O)/C(=C2\SC(=S)N(CCCC(=O)Nc3ccc(Cl)cc3C(F)(F)F)C2=O)SC1=S)Nc1ccc(Cl)cc1C(F)(F)F. The number of benzene rings is 2. The Morgan fingerprint density at radius 2 is 1.04 bits per heavy atom. The third-order valence-electron chi connectivity index (χ3n) is 6.60. The Bertz CT molecular complexity index is 1610. The molecule has 0 radical (unpaired) electrons. The van der Waals surface area contributed by atoms with E-state index in [1.165, 1.54) is 12.1 Å². The summed E-state index contributed by atoms with van der Waals surface area (Å²) in [6, 6.07) is 5.84. The number of hydrogen-bond acceptors (Lipinski definition) is 8. The van der Waals surface area contributed by atoms with Gasteiger partial charge in [0.2, 0.25) is 11.8 Å². The Hall–Kier alpha value is -2.90. The van der Waals surface area contributed by atoms with Crippen LogP contribution in [0.25, 0.3) is 0 Å². The predicted octanol–water partition coefficient (Wildman–Crippen LogP) is 8.10. The van der Waals surface area contributed by atoms with Gasteiger partial charge in [-0.3, -0.25) is 29.0 Å². The fourth-order valence-corrected chi connectivity index (χ4v) is 7.51. The molecule has 8 nitrogen and oxygen atoms in total. The summed E-state index contributed by atoms with van der Waals surface area (Å²) in [5.41, 5.74) is -3.17. The minimum absolute atomic E-state index is 0.000413. The normalized spacial score (nSPS) is 17.1. The molecule has 0 unspecified atom stereocenters. The summed E-state index contributed by atoms with van der Waals surface area (Å²) in [5.74, 6) is -2.72. The second-order valence-electron chi connectivity index (χ2n) is 9.99. The van der Waals surface area contributed by atoms with Crippen LogP contribution in [0.4, 0.5) is 37.7 Å². The van der Waals surface area contributed by atoms with Gasteiger partial charge < -0.3 is 10.6 Å². The van der Waals surface area contributed by atoms with Crippen molar-refractivity contribution in [3.63, 3.8) is 0 Å². The molecule has 0 aromatic heterocycles. The number of nitrogens with one attached hydrogen (secondary N) is 2. The molecule has 4 amide bonds. The van der Waals surface area contributed by atoms with Crippen LogP contribution in [0.1, 0.15) is 36.8 Å². The lowest BCUT2D eigenvalue weighted by molar-refractivity contribution is -0.137. The van der Waals surface area contributed by atoms with Crippen LogP contribution in [0.3, 0.4) is 0 Å². The van der Waals surface area contributed by atoms with E-state index in [-0.39, 0.29) is 67.3 Å². The number of amides is 4. The molecular weight excluding hydrogens is 769 g/mol. The number of alkyl halides is 6. The van der Waals surface area contributed by atoms with Crippen LogP contribution in [0.5, 0.6) is 0 Å². The zero-order valence-corrected chi connectivity index (χ0v) is 28.7. The van der Waals surface area contributed by atoms with Crippen molar-refractivity contribution in [3.05, 3.63) is 67.4 Å². The lowest BCUT2D eigenvalue weighted by Crippen LogP contribution is -2.31. The maximum absolute atomic E-state index is 13.3. The predicted molar refractivity (Wildman–Crippen MR) is 179 cm³/mol. The highest BCUT2D eigenvalue weighted by molar-refractivity contribution is 8.29. The number of hydrogen-bond donors (Lipinski definition) is 2. The molecule has 2 heterocycles. The maximum atomic E-state index is 13.3. The Balaban J connectivity index is 1.31. The first-order valence-electron chi connectivity index (χ1n) is 13.5. The number of thiocarbonyl (C=S) groups is 2. The van der Waals surface area contributed by atoms with E-state index < -0.39 is 58.5 Å². The van der Waals surface area contributed by atoms with Gasteiger partial charge in [0.25, 0.3) is 11.8 Å². The Labute approximate surface area is 297 Å². The highest BCUT2D eigenvalue weighted by Crippen LogP contribution is 2.43. The number of nitrogens with zero attached hydrogens (tertiary/aromatic N) is 2. The minimum atomic E-state index is -4.76. The number of anilines is 2. The number of thioether (sulfide) groups is 2. The van der Waals surface area contributed by atoms with Crippen LogP contribution in [0, 0.1) is 0 Å². The van der Waals surface area contributed by atoms with Gasteiger partial charge in [-0.05, 0) is 49.2 Å². The molecule has 2 aromatic carbocycles. The van der Waals surface area contributed by atoms with E-state index in [1.807, 2.05) is 0 Å². The first kappa shape index (κ1) is 37.9. The molecule has 2 saturated heterocycles. The quantitative estimate of drug-likeness (QED) is 0.142. The fraction of sp³-hybridized carbons (Fsp3) is 0.286. The van der Waals surface area contributed by atoms with Crippen molar-refractivity contribution >= 4 is 115 Å². The molecule has 2 aromatic rings. The molecule has 0 atom stereocenters. The standard InChI is InChI=1S/C28H20Cl2F6N4O4S4/c29-13-5-7-17(15(11-13)27(31,32)33)37-19(41)3-1-9-39-23(43)21(47-25(39)45)22-24(44)40(26(46)48-22)10-2-4-20(42)38-18-8-6-14(30)12-16(18)28(34,35)36/h5-8,11-12H,1-4,9-10H2,(H,37,41)(H,38,42)/b22-21+. The van der Waals surface area contributed by atoms with Crippen LogP contribution >= 0.6 is 71.2 Å². The topological polar surface area (TPSA) is 98.8 Å². The van der Waals surface area contributed by atoms with Crippen molar-refractivity contribution in [1.82, 2.24) is 9.80 Å². The number of halogens is 8. The van der Waals surface area contributed by atoms with Crippen molar-refractivity contribution in [3.8, 4) is 0 Å². The van der Waals surface area contributed by atoms with Gasteiger partial charge in [-0.2, -0.15) is 26.3 Å². The Kier molecular flexibility index (Phi) is 12.1. The molecule has 48 heavy (non-hydrogen) atoms. The van der Waals surface area contributed by atoms with Crippen LogP contribution in [0.15, 0.2) is 46.2 Å². The van der Waals surface area contributed by atoms with Gasteiger partial charge in [0, 0.05) is 36.0 Å². The monoisotopic (exact) mass is 788 g/mol. The smallest absolute Gasteiger partial charge is 0.326 e. The van der Waals surface area contributed by atoms with Crippen molar-refractivity contribution in [2.24, 2.45) is 0 Å². The largest absolute Gasteiger partial charge is 0.418 e. The molecular formula is C28H20Cl2F6N4O4S4. The van der Waals surface area contributed by atoms with E-state index in [9.17, 15) is 45.5 Å². The molecule has 0 aliphatic carbocycles. The Morgan fingerprint density at radius 1 is 0.688 bits per heavy atom. The van der Waals surface area contributed by atoms with Gasteiger partial charge in [-0.1, -0.05) is 71.2 Å². The van der Waals surface area contributed by atoms with Gasteiger partial charge in [-0.25, -0.2) is 0 Å². The Morgan fingerprint density at radius 3 is 1.38 bits per heavy atom. The second-order valence-corrected chi connectivity index (χ2v) is 14.1. The van der Waals surface area contributed by atoms with Gasteiger partial charge in [0.05, 0.1) is 32.3 Å². The molecule has 256 valence electrons. The van der Waals surface area contributed by atoms with Crippen LogP contribution < -0.4 is 10.6 Å². The lowest BCUT2D eigenvalue weighted by Gasteiger charge is -2.16. The van der Waals surface area contributed by atoms with Crippen molar-refractivity contribution < 1.29 is 45.5 Å². The average molecular weight is 790 g/mol. The van der Waals surface area contributed by atoms with E-state index in [0.29, 0.717) is 12.1 Å². The first-order chi connectivity index (χ1) is 22.4. The van der Waals surface area contributed by atoms with E-state index in [4.69, 9.17) is 47.6 Å². The van der Waals surface area contributed by atoms with Gasteiger partial charge >= 0.3 is 12.4 Å². The van der Waals surface area contributed by atoms with Gasteiger partial charge in [0.1, 0.15) is 8.64 Å². The zero-order valence-electron chi connectivity index (χ0n) is 23.9. The van der Waals surface area contributed by atoms with E-state index in [2.05, 4.69) is 10.6 Å². The average Bonchev–Trinajstić information content (AvgIpc) is 3.42. The molecule has 0 saturated carbocycles. The van der Waals surface area contributed by atoms with Crippen LogP contribution in [-0.4, -0.2) is 55.2 Å². The molecule has 2 N–H and O–H groups in total. The van der Waals surface area contributed by atoms with Gasteiger partial charge in [-0.15, -0.1) is 0 Å². The van der Waals surface area contributed by atoms with Crippen LogP contribution in [0.2, 0.25) is 10.0 Å². The summed E-state index contributed by atoms with van der Waals surface area (Å²) < 4.78 is 80.1. The zero-order chi connectivity index (χ0) is 35.6. The van der Waals surface area contributed by atoms with Crippen molar-refractivity contribution in [1.29, 1.82) is 0 Å². The molecule has 0 bridgehead atoms. The molecule has 4 rings (SSSR count). The third kappa shape index (κ3) is 9.20. The van der Waals surface area contributed by atoms with Crippen molar-refractivity contribution in [2.75, 3.05) is 23.7 Å². The summed E-state index contributed by atoms with van der Waals surface area (Å²) in [4.78, 5) is 53.4. The lowest BCUT2D eigenvalue weighted by atomic mass is 10.1. The van der Waals surface area contributed by atoms with E-state index in [0.717, 1.165) is 45.5 Å². The molecule has 2 fully saturated rings. The number of rotatable bonds is 10. The number of carbonyl (C=O) groups excluding carboxylic acids is 4. The van der Waals surface area contributed by atoms with Crippen molar-refractivity contribution in [2.45, 2.75) is 38.0 Å².